The van der Waals surface area contributed by atoms with E-state index in [1.165, 1.54) is 4.31 Å². The number of nitrogens with zero attached hydrogens (tertiary/aromatic N) is 1. The van der Waals surface area contributed by atoms with Gasteiger partial charge in [-0.15, -0.1) is 0 Å². The Labute approximate surface area is 134 Å². The lowest BCUT2D eigenvalue weighted by molar-refractivity contribution is -0.186. The molecule has 1 aliphatic carbocycles. The second-order valence-corrected chi connectivity index (χ2v) is 8.55. The molecule has 2 aliphatic rings. The van der Waals surface area contributed by atoms with Crippen molar-refractivity contribution >= 4 is 15.9 Å². The molecule has 1 N–H and O–H groups in total. The van der Waals surface area contributed by atoms with Gasteiger partial charge in [0.15, 0.2) is 0 Å². The fourth-order valence-electron chi connectivity index (χ4n) is 3.41. The minimum atomic E-state index is -4.25. The van der Waals surface area contributed by atoms with Crippen LogP contribution in [-0.2, 0) is 14.8 Å². The van der Waals surface area contributed by atoms with Crippen molar-refractivity contribution in [3.63, 3.8) is 0 Å². The van der Waals surface area contributed by atoms with Crippen LogP contribution in [0.15, 0.2) is 0 Å². The minimum Gasteiger partial charge on any atom is -0.352 e. The second-order valence-electron chi connectivity index (χ2n) is 6.57. The molecule has 2 rings (SSSR count). The topological polar surface area (TPSA) is 66.5 Å². The highest BCUT2D eigenvalue weighted by molar-refractivity contribution is 7.88. The summed E-state index contributed by atoms with van der Waals surface area (Å²) in [5.41, 5.74) is 0. The molecule has 1 aliphatic heterocycles. The van der Waals surface area contributed by atoms with Gasteiger partial charge in [0, 0.05) is 25.0 Å². The molecule has 0 aromatic rings. The molecular weight excluding hydrogens is 333 g/mol. The molecular formula is C14H23F3N2O3S. The van der Waals surface area contributed by atoms with Crippen LogP contribution in [0.1, 0.15) is 38.5 Å². The van der Waals surface area contributed by atoms with Gasteiger partial charge in [-0.2, -0.15) is 13.2 Å². The van der Waals surface area contributed by atoms with Crippen molar-refractivity contribution in [2.45, 2.75) is 50.7 Å². The molecule has 0 bridgehead atoms. The van der Waals surface area contributed by atoms with Crippen LogP contribution in [0.5, 0.6) is 0 Å². The predicted molar refractivity (Wildman–Crippen MR) is 79.1 cm³/mol. The van der Waals surface area contributed by atoms with E-state index in [0.717, 1.165) is 6.26 Å². The standard InChI is InChI=1S/C14H23F3N2O3S/c1-23(21,22)19-7-3-6-12(9-19)18-13(20)10-4-2-5-11(8-10)14(15,16)17/h10-12H,2-9H2,1H3,(H,18,20). The van der Waals surface area contributed by atoms with E-state index in [4.69, 9.17) is 0 Å². The van der Waals surface area contributed by atoms with Crippen LogP contribution < -0.4 is 5.32 Å². The average molecular weight is 356 g/mol. The number of sulfonamides is 1. The summed E-state index contributed by atoms with van der Waals surface area (Å²) in [5.74, 6) is -2.42. The van der Waals surface area contributed by atoms with Crippen LogP contribution in [0.3, 0.4) is 0 Å². The molecule has 23 heavy (non-hydrogen) atoms. The van der Waals surface area contributed by atoms with Crippen LogP contribution in [0.25, 0.3) is 0 Å². The van der Waals surface area contributed by atoms with Crippen molar-refractivity contribution in [1.29, 1.82) is 0 Å². The first-order valence-electron chi connectivity index (χ1n) is 7.89. The summed E-state index contributed by atoms with van der Waals surface area (Å²) in [6.07, 6.45) is -1.09. The number of amides is 1. The summed E-state index contributed by atoms with van der Waals surface area (Å²) in [4.78, 5) is 12.2. The Kier molecular flexibility index (Phi) is 5.60. The van der Waals surface area contributed by atoms with E-state index < -0.39 is 28.0 Å². The number of rotatable bonds is 3. The van der Waals surface area contributed by atoms with E-state index in [2.05, 4.69) is 5.32 Å². The molecule has 1 heterocycles. The third kappa shape index (κ3) is 5.07. The first-order chi connectivity index (χ1) is 10.6. The van der Waals surface area contributed by atoms with Crippen LogP contribution in [0.2, 0.25) is 0 Å². The summed E-state index contributed by atoms with van der Waals surface area (Å²) in [6, 6.07) is -0.322. The molecule has 134 valence electrons. The minimum absolute atomic E-state index is 0.0819. The Balaban J connectivity index is 1.91. The van der Waals surface area contributed by atoms with Gasteiger partial charge in [0.25, 0.3) is 0 Å². The lowest BCUT2D eigenvalue weighted by atomic mass is 9.80. The highest BCUT2D eigenvalue weighted by Crippen LogP contribution is 2.40. The molecule has 9 heteroatoms. The molecule has 0 aromatic heterocycles. The molecule has 1 amide bonds. The van der Waals surface area contributed by atoms with E-state index in [-0.39, 0.29) is 31.3 Å². The molecule has 0 aromatic carbocycles. The Morgan fingerprint density at radius 2 is 1.87 bits per heavy atom. The number of hydrogen-bond donors (Lipinski definition) is 1. The smallest absolute Gasteiger partial charge is 0.352 e. The number of carbonyl (C=O) groups is 1. The van der Waals surface area contributed by atoms with Gasteiger partial charge < -0.3 is 5.32 Å². The lowest BCUT2D eigenvalue weighted by Crippen LogP contribution is -2.51. The molecule has 0 spiro atoms. The zero-order valence-electron chi connectivity index (χ0n) is 13.1. The monoisotopic (exact) mass is 356 g/mol. The van der Waals surface area contributed by atoms with Crippen molar-refractivity contribution in [3.05, 3.63) is 0 Å². The summed E-state index contributed by atoms with van der Waals surface area (Å²) in [7, 11) is -3.31. The van der Waals surface area contributed by atoms with E-state index in [1.807, 2.05) is 0 Å². The highest BCUT2D eigenvalue weighted by atomic mass is 32.2. The predicted octanol–water partition coefficient (Wildman–Crippen LogP) is 1.90. The molecule has 2 fully saturated rings. The van der Waals surface area contributed by atoms with Crippen molar-refractivity contribution in [2.24, 2.45) is 11.8 Å². The molecule has 1 saturated carbocycles. The first kappa shape index (κ1) is 18.5. The Bertz CT molecular complexity index is 536. The average Bonchev–Trinajstić information content (AvgIpc) is 2.46. The largest absolute Gasteiger partial charge is 0.391 e. The number of hydrogen-bond acceptors (Lipinski definition) is 3. The van der Waals surface area contributed by atoms with Crippen molar-refractivity contribution in [2.75, 3.05) is 19.3 Å². The maximum Gasteiger partial charge on any atom is 0.391 e. The van der Waals surface area contributed by atoms with E-state index in [0.29, 0.717) is 32.2 Å². The van der Waals surface area contributed by atoms with E-state index >= 15 is 0 Å². The fraction of sp³-hybridized carbons (Fsp3) is 0.929. The van der Waals surface area contributed by atoms with Gasteiger partial charge in [-0.1, -0.05) is 6.42 Å². The Hall–Kier alpha value is -0.830. The lowest BCUT2D eigenvalue weighted by Gasteiger charge is -2.34. The SMILES string of the molecule is CS(=O)(=O)N1CCCC(NC(=O)C2CCCC(C(F)(F)F)C2)C1. The van der Waals surface area contributed by atoms with E-state index in [9.17, 15) is 26.4 Å². The highest BCUT2D eigenvalue weighted by Gasteiger charge is 2.43. The number of alkyl halides is 3. The molecule has 3 unspecified atom stereocenters. The van der Waals surface area contributed by atoms with Gasteiger partial charge in [-0.05, 0) is 32.1 Å². The van der Waals surface area contributed by atoms with Gasteiger partial charge >= 0.3 is 6.18 Å². The fourth-order valence-corrected chi connectivity index (χ4v) is 4.32. The Morgan fingerprint density at radius 3 is 2.48 bits per heavy atom. The first-order valence-corrected chi connectivity index (χ1v) is 9.74. The summed E-state index contributed by atoms with van der Waals surface area (Å²) < 4.78 is 62.9. The van der Waals surface area contributed by atoms with Gasteiger partial charge in [-0.25, -0.2) is 12.7 Å². The summed E-state index contributed by atoms with van der Waals surface area (Å²) >= 11 is 0. The number of nitrogens with one attached hydrogen (secondary N) is 1. The van der Waals surface area contributed by atoms with Gasteiger partial charge in [0.2, 0.25) is 15.9 Å². The Morgan fingerprint density at radius 1 is 1.17 bits per heavy atom. The maximum absolute atomic E-state index is 12.8. The van der Waals surface area contributed by atoms with Crippen LogP contribution in [0.4, 0.5) is 13.2 Å². The van der Waals surface area contributed by atoms with Gasteiger partial charge in [0.05, 0.1) is 12.2 Å². The molecule has 0 radical (unpaired) electrons. The zero-order valence-corrected chi connectivity index (χ0v) is 13.9. The third-order valence-corrected chi connectivity index (χ3v) is 5.98. The van der Waals surface area contributed by atoms with Crippen LogP contribution >= 0.6 is 0 Å². The molecule has 5 nitrogen and oxygen atoms in total. The third-order valence-electron chi connectivity index (χ3n) is 4.71. The summed E-state index contributed by atoms with van der Waals surface area (Å²) in [5, 5.41) is 2.75. The van der Waals surface area contributed by atoms with Crippen molar-refractivity contribution in [1.82, 2.24) is 9.62 Å². The molecule has 3 atom stereocenters. The maximum atomic E-state index is 12.8. The number of halogens is 3. The molecule has 1 saturated heterocycles. The van der Waals surface area contributed by atoms with Crippen molar-refractivity contribution in [3.8, 4) is 0 Å². The van der Waals surface area contributed by atoms with E-state index in [1.54, 1.807) is 0 Å². The van der Waals surface area contributed by atoms with Gasteiger partial charge in [0.1, 0.15) is 0 Å². The van der Waals surface area contributed by atoms with Gasteiger partial charge in [-0.3, -0.25) is 4.79 Å². The van der Waals surface area contributed by atoms with Crippen molar-refractivity contribution < 1.29 is 26.4 Å². The van der Waals surface area contributed by atoms with Crippen LogP contribution in [0, 0.1) is 11.8 Å². The number of piperidine rings is 1. The normalized spacial score (nSPS) is 30.9. The summed E-state index contributed by atoms with van der Waals surface area (Å²) in [6.45, 7) is 0.616. The second kappa shape index (κ2) is 6.96. The zero-order chi connectivity index (χ0) is 17.3. The van der Waals surface area contributed by atoms with Crippen LogP contribution in [-0.4, -0.2) is 50.2 Å². The quantitative estimate of drug-likeness (QED) is 0.840. The number of carbonyl (C=O) groups excluding carboxylic acids is 1.